The van der Waals surface area contributed by atoms with E-state index in [0.29, 0.717) is 35.7 Å². The fraction of sp³-hybridized carbons (Fsp3) is 0.522. The van der Waals surface area contributed by atoms with Gasteiger partial charge in [0.1, 0.15) is 18.1 Å². The second kappa shape index (κ2) is 9.85. The summed E-state index contributed by atoms with van der Waals surface area (Å²) in [5.74, 6) is 0.687. The Morgan fingerprint density at radius 3 is 2.42 bits per heavy atom. The first-order valence-electron chi connectivity index (χ1n) is 10.4. The molecular weight excluding hydrogens is 398 g/mol. The summed E-state index contributed by atoms with van der Waals surface area (Å²) in [6.07, 6.45) is 2.96. The number of anilines is 1. The number of benzene rings is 1. The molecule has 0 aliphatic carbocycles. The number of hydrogen-bond donors (Lipinski definition) is 2. The molecule has 1 atom stereocenters. The molecule has 2 N–H and O–H groups in total. The zero-order chi connectivity index (χ0) is 23.3. The van der Waals surface area contributed by atoms with Gasteiger partial charge in [0.25, 0.3) is 0 Å². The molecule has 0 saturated carbocycles. The number of carboxylic acid groups (broad SMARTS) is 1. The van der Waals surface area contributed by atoms with Gasteiger partial charge in [-0.3, -0.25) is 9.69 Å². The molecule has 170 valence electrons. The molecule has 2 amide bonds. The van der Waals surface area contributed by atoms with Gasteiger partial charge in [0.05, 0.1) is 18.9 Å². The number of aryl methyl sites for hydroxylation is 1. The normalized spacial score (nSPS) is 12.5. The van der Waals surface area contributed by atoms with Crippen molar-refractivity contribution < 1.29 is 23.8 Å². The number of oxazole rings is 1. The molecule has 2 aromatic rings. The van der Waals surface area contributed by atoms with E-state index in [0.717, 1.165) is 5.56 Å². The standard InChI is InChI=1S/C23H33N3O5/c1-8-15-12-16(21-24-9-10-31-21)19(30-7)13-17(15)25-20(27)18(11-14(2)3)26(22(28)29)23(4,5)6/h9-10,12-14,18H,8,11H2,1-7H3,(H,25,27)(H,28,29). The second-order valence-electron chi connectivity index (χ2n) is 8.86. The summed E-state index contributed by atoms with van der Waals surface area (Å²) >= 11 is 0. The van der Waals surface area contributed by atoms with Crippen molar-refractivity contribution in [1.82, 2.24) is 9.88 Å². The Morgan fingerprint density at radius 1 is 1.29 bits per heavy atom. The number of amides is 2. The quantitative estimate of drug-likeness (QED) is 0.606. The minimum absolute atomic E-state index is 0.132. The Hall–Kier alpha value is -3.03. The Bertz CT molecular complexity index is 901. The van der Waals surface area contributed by atoms with E-state index in [1.807, 2.05) is 26.8 Å². The fourth-order valence-electron chi connectivity index (χ4n) is 3.61. The minimum atomic E-state index is -1.12. The van der Waals surface area contributed by atoms with Crippen molar-refractivity contribution in [2.24, 2.45) is 5.92 Å². The zero-order valence-corrected chi connectivity index (χ0v) is 19.4. The molecule has 8 nitrogen and oxygen atoms in total. The molecule has 1 aromatic heterocycles. The number of aromatic nitrogens is 1. The molecule has 1 heterocycles. The molecule has 0 bridgehead atoms. The van der Waals surface area contributed by atoms with Gasteiger partial charge in [-0.2, -0.15) is 0 Å². The predicted octanol–water partition coefficient (Wildman–Crippen LogP) is 5.04. The van der Waals surface area contributed by atoms with E-state index in [2.05, 4.69) is 10.3 Å². The third-order valence-electron chi connectivity index (χ3n) is 4.96. The van der Waals surface area contributed by atoms with Gasteiger partial charge in [-0.1, -0.05) is 20.8 Å². The van der Waals surface area contributed by atoms with Crippen molar-refractivity contribution in [2.45, 2.75) is 66.0 Å². The summed E-state index contributed by atoms with van der Waals surface area (Å²) in [5.41, 5.74) is 1.39. The van der Waals surface area contributed by atoms with E-state index < -0.39 is 17.7 Å². The zero-order valence-electron chi connectivity index (χ0n) is 19.4. The second-order valence-corrected chi connectivity index (χ2v) is 8.86. The van der Waals surface area contributed by atoms with Crippen LogP contribution in [0.4, 0.5) is 10.5 Å². The van der Waals surface area contributed by atoms with Gasteiger partial charge in [0.15, 0.2) is 0 Å². The first-order chi connectivity index (χ1) is 14.5. The van der Waals surface area contributed by atoms with Crippen molar-refractivity contribution in [3.05, 3.63) is 30.2 Å². The lowest BCUT2D eigenvalue weighted by Crippen LogP contribution is -2.56. The van der Waals surface area contributed by atoms with Crippen LogP contribution in [0.5, 0.6) is 5.75 Å². The minimum Gasteiger partial charge on any atom is -0.496 e. The van der Waals surface area contributed by atoms with E-state index in [4.69, 9.17) is 9.15 Å². The van der Waals surface area contributed by atoms with Gasteiger partial charge in [0, 0.05) is 17.3 Å². The summed E-state index contributed by atoms with van der Waals surface area (Å²) in [4.78, 5) is 30.8. The summed E-state index contributed by atoms with van der Waals surface area (Å²) in [6, 6.07) is 2.76. The molecular formula is C23H33N3O5. The molecule has 0 saturated heterocycles. The van der Waals surface area contributed by atoms with E-state index >= 15 is 0 Å². The van der Waals surface area contributed by atoms with Gasteiger partial charge >= 0.3 is 6.09 Å². The van der Waals surface area contributed by atoms with Crippen LogP contribution in [-0.2, 0) is 11.2 Å². The first kappa shape index (κ1) is 24.2. The third-order valence-corrected chi connectivity index (χ3v) is 4.96. The number of carbonyl (C=O) groups is 2. The van der Waals surface area contributed by atoms with Crippen LogP contribution < -0.4 is 10.1 Å². The first-order valence-corrected chi connectivity index (χ1v) is 10.4. The van der Waals surface area contributed by atoms with Crippen LogP contribution in [0.15, 0.2) is 29.0 Å². The van der Waals surface area contributed by atoms with Gasteiger partial charge < -0.3 is 19.6 Å². The Morgan fingerprint density at radius 2 is 1.97 bits per heavy atom. The molecule has 0 radical (unpaired) electrons. The Kier molecular flexibility index (Phi) is 7.70. The summed E-state index contributed by atoms with van der Waals surface area (Å²) in [5, 5.41) is 12.8. The van der Waals surface area contributed by atoms with Crippen LogP contribution in [0.2, 0.25) is 0 Å². The third kappa shape index (κ3) is 5.77. The Labute approximate surface area is 183 Å². The van der Waals surface area contributed by atoms with Crippen LogP contribution in [0.25, 0.3) is 11.5 Å². The number of hydrogen-bond acceptors (Lipinski definition) is 5. The number of nitrogens with one attached hydrogen (secondary N) is 1. The van der Waals surface area contributed by atoms with E-state index in [9.17, 15) is 14.7 Å². The van der Waals surface area contributed by atoms with Gasteiger partial charge in [-0.15, -0.1) is 0 Å². The highest BCUT2D eigenvalue weighted by molar-refractivity contribution is 5.97. The topological polar surface area (TPSA) is 105 Å². The van der Waals surface area contributed by atoms with Crippen molar-refractivity contribution in [1.29, 1.82) is 0 Å². The molecule has 0 fully saturated rings. The predicted molar refractivity (Wildman–Crippen MR) is 119 cm³/mol. The molecule has 0 aliphatic heterocycles. The lowest BCUT2D eigenvalue weighted by molar-refractivity contribution is -0.123. The largest absolute Gasteiger partial charge is 0.496 e. The lowest BCUT2D eigenvalue weighted by Gasteiger charge is -2.39. The number of rotatable bonds is 8. The van der Waals surface area contributed by atoms with Gasteiger partial charge in [0.2, 0.25) is 11.8 Å². The highest BCUT2D eigenvalue weighted by Crippen LogP contribution is 2.35. The number of carbonyl (C=O) groups excluding carboxylic acids is 1. The molecule has 1 aromatic carbocycles. The summed E-state index contributed by atoms with van der Waals surface area (Å²) in [6.45, 7) is 11.3. The summed E-state index contributed by atoms with van der Waals surface area (Å²) in [7, 11) is 1.53. The SMILES string of the molecule is CCc1cc(-c2ncco2)c(OC)cc1NC(=O)C(CC(C)C)N(C(=O)O)C(C)(C)C. The smallest absolute Gasteiger partial charge is 0.408 e. The molecule has 8 heteroatoms. The van der Waals surface area contributed by atoms with Crippen LogP contribution in [0, 0.1) is 5.92 Å². The number of nitrogens with zero attached hydrogens (tertiary/aromatic N) is 2. The molecule has 31 heavy (non-hydrogen) atoms. The average Bonchev–Trinajstić information content (AvgIpc) is 3.19. The summed E-state index contributed by atoms with van der Waals surface area (Å²) < 4.78 is 10.9. The Balaban J connectivity index is 2.46. The van der Waals surface area contributed by atoms with Crippen LogP contribution in [0.1, 0.15) is 53.5 Å². The van der Waals surface area contributed by atoms with Crippen LogP contribution >= 0.6 is 0 Å². The van der Waals surface area contributed by atoms with E-state index in [1.165, 1.54) is 18.3 Å². The van der Waals surface area contributed by atoms with Gasteiger partial charge in [-0.25, -0.2) is 9.78 Å². The highest BCUT2D eigenvalue weighted by Gasteiger charge is 2.38. The molecule has 0 aliphatic rings. The number of ether oxygens (including phenoxy) is 1. The molecule has 0 spiro atoms. The van der Waals surface area contributed by atoms with Crippen molar-refractivity contribution in [3.8, 4) is 17.2 Å². The van der Waals surface area contributed by atoms with Crippen LogP contribution in [0.3, 0.4) is 0 Å². The maximum absolute atomic E-state index is 13.3. The average molecular weight is 432 g/mol. The van der Waals surface area contributed by atoms with Crippen LogP contribution in [-0.4, -0.2) is 45.7 Å². The van der Waals surface area contributed by atoms with E-state index in [-0.39, 0.29) is 11.8 Å². The monoisotopic (exact) mass is 431 g/mol. The highest BCUT2D eigenvalue weighted by atomic mass is 16.5. The van der Waals surface area contributed by atoms with Gasteiger partial charge in [-0.05, 0) is 51.2 Å². The van der Waals surface area contributed by atoms with Crippen molar-refractivity contribution >= 4 is 17.7 Å². The maximum Gasteiger partial charge on any atom is 0.408 e. The molecule has 1 unspecified atom stereocenters. The molecule has 2 rings (SSSR count). The van der Waals surface area contributed by atoms with Crippen molar-refractivity contribution in [2.75, 3.05) is 12.4 Å². The maximum atomic E-state index is 13.3. The lowest BCUT2D eigenvalue weighted by atomic mass is 9.96. The number of methoxy groups -OCH3 is 1. The fourth-order valence-corrected chi connectivity index (χ4v) is 3.61. The van der Waals surface area contributed by atoms with Crippen molar-refractivity contribution in [3.63, 3.8) is 0 Å². The van der Waals surface area contributed by atoms with E-state index in [1.54, 1.807) is 33.0 Å².